The fourth-order valence-electron chi connectivity index (χ4n) is 5.17. The van der Waals surface area contributed by atoms with Crippen LogP contribution in [0.4, 0.5) is 0 Å². The number of aliphatic hydroxyl groups excluding tert-OH is 1. The molecule has 0 bridgehead atoms. The van der Waals surface area contributed by atoms with Crippen LogP contribution >= 0.6 is 0 Å². The van der Waals surface area contributed by atoms with Crippen molar-refractivity contribution in [2.24, 2.45) is 0 Å². The van der Waals surface area contributed by atoms with Crippen molar-refractivity contribution in [1.82, 2.24) is 0 Å². The van der Waals surface area contributed by atoms with Gasteiger partial charge in [-0.25, -0.2) is 0 Å². The summed E-state index contributed by atoms with van der Waals surface area (Å²) in [5, 5.41) is 9.92. The van der Waals surface area contributed by atoms with E-state index < -0.39 is 0 Å². The van der Waals surface area contributed by atoms with Gasteiger partial charge >= 0.3 is 0 Å². The molecular formula is C33H66O2. The molecule has 2 nitrogen and oxygen atoms in total. The van der Waals surface area contributed by atoms with E-state index in [0.29, 0.717) is 19.3 Å². The van der Waals surface area contributed by atoms with Crippen LogP contribution in [0.3, 0.4) is 0 Å². The molecule has 0 aromatic rings. The molecule has 0 aliphatic heterocycles. The van der Waals surface area contributed by atoms with Crippen molar-refractivity contribution in [3.8, 4) is 0 Å². The maximum Gasteiger partial charge on any atom is 0.132 e. The lowest BCUT2D eigenvalue weighted by atomic mass is 10.0. The van der Waals surface area contributed by atoms with Crippen LogP contribution in [0.15, 0.2) is 0 Å². The zero-order valence-electron chi connectivity index (χ0n) is 24.4. The van der Waals surface area contributed by atoms with Crippen LogP contribution < -0.4 is 0 Å². The molecule has 0 aliphatic rings. The number of hydrogen-bond acceptors (Lipinski definition) is 2. The smallest absolute Gasteiger partial charge is 0.132 e. The zero-order valence-corrected chi connectivity index (χ0v) is 24.4. The molecule has 210 valence electrons. The van der Waals surface area contributed by atoms with Gasteiger partial charge in [0.15, 0.2) is 0 Å². The number of aliphatic hydroxyl groups is 1. The summed E-state index contributed by atoms with van der Waals surface area (Å²) >= 11 is 0. The van der Waals surface area contributed by atoms with Crippen LogP contribution in [-0.2, 0) is 4.79 Å². The largest absolute Gasteiger partial charge is 0.393 e. The molecule has 0 radical (unpaired) electrons. The molecule has 0 aromatic carbocycles. The number of ketones is 1. The van der Waals surface area contributed by atoms with Crippen LogP contribution in [-0.4, -0.2) is 17.0 Å². The molecule has 1 unspecified atom stereocenters. The van der Waals surface area contributed by atoms with E-state index in [9.17, 15) is 9.90 Å². The molecule has 0 aliphatic carbocycles. The molecule has 0 saturated heterocycles. The Kier molecular flexibility index (Phi) is 29.5. The SMILES string of the molecule is CCCCCCCCCCCCCCCCCCCCCCCCCCCC(O)CCC(=O)CC. The average Bonchev–Trinajstić information content (AvgIpc) is 2.87. The normalized spacial score (nSPS) is 12.3. The first-order valence-electron chi connectivity index (χ1n) is 16.4. The summed E-state index contributed by atoms with van der Waals surface area (Å²) in [5.74, 6) is 0.277. The predicted molar refractivity (Wildman–Crippen MR) is 156 cm³/mol. The van der Waals surface area contributed by atoms with E-state index in [4.69, 9.17) is 0 Å². The quantitative estimate of drug-likeness (QED) is 0.101. The summed E-state index contributed by atoms with van der Waals surface area (Å²) in [6, 6.07) is 0. The lowest BCUT2D eigenvalue weighted by molar-refractivity contribution is -0.119. The molecule has 0 fully saturated rings. The van der Waals surface area contributed by atoms with E-state index in [-0.39, 0.29) is 11.9 Å². The monoisotopic (exact) mass is 495 g/mol. The summed E-state index contributed by atoms with van der Waals surface area (Å²) in [6.45, 7) is 4.20. The Hall–Kier alpha value is -0.370. The Morgan fingerprint density at radius 3 is 1.03 bits per heavy atom. The van der Waals surface area contributed by atoms with Gasteiger partial charge in [-0.3, -0.25) is 4.79 Å². The van der Waals surface area contributed by atoms with E-state index in [1.54, 1.807) is 0 Å². The van der Waals surface area contributed by atoms with Gasteiger partial charge in [0.25, 0.3) is 0 Å². The molecular weight excluding hydrogens is 428 g/mol. The van der Waals surface area contributed by atoms with Gasteiger partial charge < -0.3 is 5.11 Å². The highest BCUT2D eigenvalue weighted by Gasteiger charge is 2.06. The van der Waals surface area contributed by atoms with Gasteiger partial charge in [-0.15, -0.1) is 0 Å². The van der Waals surface area contributed by atoms with Gasteiger partial charge in [0.2, 0.25) is 0 Å². The Morgan fingerprint density at radius 2 is 0.743 bits per heavy atom. The molecule has 0 rings (SSSR count). The fourth-order valence-corrected chi connectivity index (χ4v) is 5.17. The minimum Gasteiger partial charge on any atom is -0.393 e. The van der Waals surface area contributed by atoms with Crippen molar-refractivity contribution in [2.45, 2.75) is 206 Å². The van der Waals surface area contributed by atoms with Gasteiger partial charge in [-0.1, -0.05) is 174 Å². The Balaban J connectivity index is 3.09. The Morgan fingerprint density at radius 1 is 0.457 bits per heavy atom. The first-order valence-corrected chi connectivity index (χ1v) is 16.4. The Bertz CT molecular complexity index is 406. The third-order valence-electron chi connectivity index (χ3n) is 7.79. The lowest BCUT2D eigenvalue weighted by Gasteiger charge is -2.09. The molecule has 0 spiro atoms. The van der Waals surface area contributed by atoms with Gasteiger partial charge in [-0.05, 0) is 12.8 Å². The lowest BCUT2D eigenvalue weighted by Crippen LogP contribution is -2.09. The summed E-state index contributed by atoms with van der Waals surface area (Å²) in [5.41, 5.74) is 0. The summed E-state index contributed by atoms with van der Waals surface area (Å²) in [4.78, 5) is 11.3. The van der Waals surface area contributed by atoms with E-state index in [2.05, 4.69) is 6.92 Å². The van der Waals surface area contributed by atoms with Crippen LogP contribution in [0.2, 0.25) is 0 Å². The van der Waals surface area contributed by atoms with Crippen LogP contribution in [0, 0.1) is 0 Å². The van der Waals surface area contributed by atoms with Gasteiger partial charge in [0, 0.05) is 12.8 Å². The van der Waals surface area contributed by atoms with Gasteiger partial charge in [-0.2, -0.15) is 0 Å². The van der Waals surface area contributed by atoms with Crippen molar-refractivity contribution in [2.75, 3.05) is 0 Å². The number of rotatable bonds is 30. The summed E-state index contributed by atoms with van der Waals surface area (Å²) < 4.78 is 0. The predicted octanol–water partition coefficient (Wildman–Crippen LogP) is 11.3. The minimum atomic E-state index is -0.268. The fraction of sp³-hybridized carbons (Fsp3) is 0.970. The van der Waals surface area contributed by atoms with Crippen molar-refractivity contribution < 1.29 is 9.90 Å². The number of unbranched alkanes of at least 4 members (excludes halogenated alkanes) is 24. The van der Waals surface area contributed by atoms with Crippen LogP contribution in [0.5, 0.6) is 0 Å². The van der Waals surface area contributed by atoms with Crippen LogP contribution in [0.1, 0.15) is 200 Å². The summed E-state index contributed by atoms with van der Waals surface area (Å²) in [6.07, 6.45) is 37.8. The standard InChI is InChI=1S/C33H66O2/c1-3-5-6-7-8-9-10-11-12-13-14-15-16-17-18-19-20-21-22-23-24-25-26-27-28-29-33(35)31-30-32(34)4-2/h33,35H,3-31H2,1-2H3. The minimum absolute atomic E-state index is 0.268. The first kappa shape index (κ1) is 34.6. The van der Waals surface area contributed by atoms with E-state index >= 15 is 0 Å². The second kappa shape index (κ2) is 29.9. The van der Waals surface area contributed by atoms with Crippen molar-refractivity contribution in [3.63, 3.8) is 0 Å². The highest BCUT2D eigenvalue weighted by Crippen LogP contribution is 2.16. The molecule has 1 N–H and O–H groups in total. The van der Waals surface area contributed by atoms with Crippen LogP contribution in [0.25, 0.3) is 0 Å². The third kappa shape index (κ3) is 29.7. The van der Waals surface area contributed by atoms with E-state index in [1.165, 1.54) is 154 Å². The topological polar surface area (TPSA) is 37.3 Å². The molecule has 0 amide bonds. The van der Waals surface area contributed by atoms with Crippen molar-refractivity contribution >= 4 is 5.78 Å². The number of carbonyl (C=O) groups is 1. The maximum atomic E-state index is 11.3. The average molecular weight is 495 g/mol. The van der Waals surface area contributed by atoms with E-state index in [1.807, 2.05) is 6.92 Å². The zero-order chi connectivity index (χ0) is 25.7. The Labute approximate surface area is 221 Å². The van der Waals surface area contributed by atoms with E-state index in [0.717, 1.165) is 12.8 Å². The molecule has 35 heavy (non-hydrogen) atoms. The maximum absolute atomic E-state index is 11.3. The molecule has 1 atom stereocenters. The van der Waals surface area contributed by atoms with Crippen molar-refractivity contribution in [3.05, 3.63) is 0 Å². The molecule has 0 saturated carbocycles. The third-order valence-corrected chi connectivity index (χ3v) is 7.79. The highest BCUT2D eigenvalue weighted by molar-refractivity contribution is 5.77. The summed E-state index contributed by atoms with van der Waals surface area (Å²) in [7, 11) is 0. The molecule has 0 aromatic heterocycles. The number of carbonyl (C=O) groups excluding carboxylic acids is 1. The van der Waals surface area contributed by atoms with Gasteiger partial charge in [0.1, 0.15) is 5.78 Å². The second-order valence-electron chi connectivity index (χ2n) is 11.4. The van der Waals surface area contributed by atoms with Crippen molar-refractivity contribution in [1.29, 1.82) is 0 Å². The highest BCUT2D eigenvalue weighted by atomic mass is 16.3. The number of Topliss-reactive ketones (excluding diaryl/α,β-unsaturated/α-hetero) is 1. The molecule has 0 heterocycles. The van der Waals surface area contributed by atoms with Gasteiger partial charge in [0.05, 0.1) is 6.10 Å². The first-order chi connectivity index (χ1) is 17.2. The second-order valence-corrected chi connectivity index (χ2v) is 11.4. The number of hydrogen-bond donors (Lipinski definition) is 1. The molecule has 2 heteroatoms.